The summed E-state index contributed by atoms with van der Waals surface area (Å²) in [6.07, 6.45) is 1.76. The minimum absolute atomic E-state index is 0.413. The lowest BCUT2D eigenvalue weighted by Gasteiger charge is -2.15. The smallest absolute Gasteiger partial charge is 0.140 e. The van der Waals surface area contributed by atoms with Gasteiger partial charge in [-0.15, -0.1) is 0 Å². The molecule has 0 N–H and O–H groups in total. The normalized spacial score (nSPS) is 11.5. The number of hydrogen-bond acceptors (Lipinski definition) is 3. The zero-order chi connectivity index (χ0) is 26.6. The molecule has 0 amide bonds. The van der Waals surface area contributed by atoms with Crippen molar-refractivity contribution in [2.75, 3.05) is 0 Å². The number of aromatic nitrogens is 2. The summed E-state index contributed by atoms with van der Waals surface area (Å²) in [5.74, 6) is 0. The van der Waals surface area contributed by atoms with Crippen molar-refractivity contribution < 1.29 is 4.42 Å². The molecule has 0 radical (unpaired) electrons. The van der Waals surface area contributed by atoms with E-state index in [4.69, 9.17) is 9.68 Å². The molecule has 0 bridgehead atoms. The number of benzene rings is 5. The van der Waals surface area contributed by atoms with E-state index in [0.29, 0.717) is 5.69 Å². The molecule has 186 valence electrons. The van der Waals surface area contributed by atoms with Crippen molar-refractivity contribution in [1.29, 1.82) is 5.26 Å². The highest BCUT2D eigenvalue weighted by Gasteiger charge is 2.18. The molecule has 4 heteroatoms. The van der Waals surface area contributed by atoms with E-state index in [1.807, 2.05) is 18.2 Å². The topological polar surface area (TPSA) is 54.8 Å². The molecule has 8 aromatic rings. The van der Waals surface area contributed by atoms with Crippen molar-refractivity contribution in [3.05, 3.63) is 133 Å². The predicted octanol–water partition coefficient (Wildman–Crippen LogP) is 9.28. The van der Waals surface area contributed by atoms with Gasteiger partial charge in [-0.25, -0.2) is 4.98 Å². The summed E-state index contributed by atoms with van der Waals surface area (Å²) in [5.41, 5.74) is 9.87. The molecule has 0 aliphatic rings. The van der Waals surface area contributed by atoms with Gasteiger partial charge in [-0.2, -0.15) is 5.26 Å². The highest BCUT2D eigenvalue weighted by Crippen LogP contribution is 2.40. The summed E-state index contributed by atoms with van der Waals surface area (Å²) in [7, 11) is 0. The molecule has 0 unspecified atom stereocenters. The van der Waals surface area contributed by atoms with Crippen molar-refractivity contribution in [2.45, 2.75) is 0 Å². The molecule has 3 heterocycles. The number of fused-ring (bicyclic) bond motifs is 6. The van der Waals surface area contributed by atoms with Gasteiger partial charge in [0.15, 0.2) is 0 Å². The van der Waals surface area contributed by atoms with Crippen molar-refractivity contribution >= 4 is 43.7 Å². The van der Waals surface area contributed by atoms with Crippen molar-refractivity contribution in [2.24, 2.45) is 0 Å². The van der Waals surface area contributed by atoms with E-state index >= 15 is 0 Å². The van der Waals surface area contributed by atoms with Crippen LogP contribution in [0.3, 0.4) is 0 Å². The molecule has 0 aliphatic heterocycles. The van der Waals surface area contributed by atoms with Gasteiger partial charge in [0.05, 0.1) is 16.7 Å². The van der Waals surface area contributed by atoms with Crippen LogP contribution in [-0.2, 0) is 0 Å². The van der Waals surface area contributed by atoms with Crippen LogP contribution in [0.4, 0.5) is 0 Å². The largest absolute Gasteiger partial charge is 0.456 e. The van der Waals surface area contributed by atoms with E-state index in [0.717, 1.165) is 66.3 Å². The van der Waals surface area contributed by atoms with Crippen LogP contribution < -0.4 is 0 Å². The Balaban J connectivity index is 1.39. The summed E-state index contributed by atoms with van der Waals surface area (Å²) in [5, 5.41) is 13.7. The van der Waals surface area contributed by atoms with Gasteiger partial charge in [0.25, 0.3) is 0 Å². The predicted molar refractivity (Wildman–Crippen MR) is 161 cm³/mol. The number of nitrogens with zero attached hydrogens (tertiary/aromatic N) is 3. The Kier molecular flexibility index (Phi) is 4.85. The molecule has 0 atom stereocenters. The quantitative estimate of drug-likeness (QED) is 0.237. The zero-order valence-electron chi connectivity index (χ0n) is 21.4. The number of rotatable bonds is 3. The first-order chi connectivity index (χ1) is 19.8. The first-order valence-electron chi connectivity index (χ1n) is 13.2. The molecule has 0 saturated heterocycles. The second-order valence-electron chi connectivity index (χ2n) is 9.96. The fourth-order valence-electron chi connectivity index (χ4n) is 5.86. The van der Waals surface area contributed by atoms with Crippen LogP contribution in [0.25, 0.3) is 71.7 Å². The van der Waals surface area contributed by atoms with E-state index < -0.39 is 0 Å². The van der Waals surface area contributed by atoms with Gasteiger partial charge in [0.1, 0.15) is 22.9 Å². The molecular formula is C36H21N3O. The number of nitriles is 1. The highest BCUT2D eigenvalue weighted by atomic mass is 16.3. The molecule has 0 saturated carbocycles. The van der Waals surface area contributed by atoms with Crippen molar-refractivity contribution in [1.82, 2.24) is 9.55 Å². The molecule has 0 spiro atoms. The average Bonchev–Trinajstić information content (AvgIpc) is 3.55. The van der Waals surface area contributed by atoms with Crippen LogP contribution >= 0.6 is 0 Å². The van der Waals surface area contributed by atoms with Crippen LogP contribution in [0.15, 0.2) is 132 Å². The lowest BCUT2D eigenvalue weighted by Crippen LogP contribution is -1.97. The van der Waals surface area contributed by atoms with Crippen LogP contribution in [-0.4, -0.2) is 9.55 Å². The first kappa shape index (κ1) is 22.3. The van der Waals surface area contributed by atoms with E-state index in [-0.39, 0.29) is 0 Å². The molecule has 8 rings (SSSR count). The molecular weight excluding hydrogens is 490 g/mol. The molecule has 40 heavy (non-hydrogen) atoms. The Morgan fingerprint density at radius 2 is 1.38 bits per heavy atom. The third kappa shape index (κ3) is 3.35. The van der Waals surface area contributed by atoms with Gasteiger partial charge in [-0.05, 0) is 59.7 Å². The molecule has 0 fully saturated rings. The fourth-order valence-corrected chi connectivity index (χ4v) is 5.86. The first-order valence-corrected chi connectivity index (χ1v) is 13.2. The maximum atomic E-state index is 9.14. The SMILES string of the molecule is N#Cc1ccc(-c2cccc(-c3ccccc3-n3c4ccccc4c4cc5oc6ccccc6c5cc43)c2)cn1. The minimum Gasteiger partial charge on any atom is -0.456 e. The molecule has 3 aromatic heterocycles. The van der Waals surface area contributed by atoms with Crippen LogP contribution in [0, 0.1) is 11.3 Å². The third-order valence-electron chi connectivity index (χ3n) is 7.70. The lowest BCUT2D eigenvalue weighted by atomic mass is 9.98. The highest BCUT2D eigenvalue weighted by molar-refractivity contribution is 6.17. The van der Waals surface area contributed by atoms with Crippen molar-refractivity contribution in [3.8, 4) is 34.0 Å². The lowest BCUT2D eigenvalue weighted by molar-refractivity contribution is 0.669. The second-order valence-corrected chi connectivity index (χ2v) is 9.96. The van der Waals surface area contributed by atoms with E-state index in [9.17, 15) is 0 Å². The van der Waals surface area contributed by atoms with Crippen molar-refractivity contribution in [3.63, 3.8) is 0 Å². The second kappa shape index (κ2) is 8.69. The average molecular weight is 512 g/mol. The van der Waals surface area contributed by atoms with E-state index in [2.05, 4.69) is 113 Å². The monoisotopic (exact) mass is 511 g/mol. The maximum absolute atomic E-state index is 9.14. The molecule has 0 aliphatic carbocycles. The number of hydrogen-bond donors (Lipinski definition) is 0. The summed E-state index contributed by atoms with van der Waals surface area (Å²) < 4.78 is 8.63. The Hall–Kier alpha value is -5.66. The number of furan rings is 1. The van der Waals surface area contributed by atoms with Crippen LogP contribution in [0.5, 0.6) is 0 Å². The fraction of sp³-hybridized carbons (Fsp3) is 0. The van der Waals surface area contributed by atoms with E-state index in [1.54, 1.807) is 12.3 Å². The van der Waals surface area contributed by atoms with Gasteiger partial charge >= 0.3 is 0 Å². The Morgan fingerprint density at radius 1 is 0.575 bits per heavy atom. The Bertz CT molecular complexity index is 2280. The maximum Gasteiger partial charge on any atom is 0.140 e. The van der Waals surface area contributed by atoms with E-state index in [1.165, 1.54) is 5.39 Å². The van der Waals surface area contributed by atoms with Crippen LogP contribution in [0.2, 0.25) is 0 Å². The van der Waals surface area contributed by atoms with Crippen LogP contribution in [0.1, 0.15) is 5.69 Å². The van der Waals surface area contributed by atoms with Gasteiger partial charge in [-0.1, -0.05) is 72.8 Å². The standard InChI is InChI=1S/C36H21N3O/c37-21-26-17-16-25(22-38-26)23-8-7-9-24(18-23)27-10-1-4-13-32(27)39-33-14-5-2-11-28(33)30-20-36-31(19-34(30)39)29-12-3-6-15-35(29)40-36/h1-20,22H. The summed E-state index contributed by atoms with van der Waals surface area (Å²) in [4.78, 5) is 4.27. The Labute approximate surface area is 230 Å². The summed E-state index contributed by atoms with van der Waals surface area (Å²) >= 11 is 0. The number of pyridine rings is 1. The van der Waals surface area contributed by atoms with Gasteiger partial charge in [0.2, 0.25) is 0 Å². The van der Waals surface area contributed by atoms with Gasteiger partial charge in [-0.3, -0.25) is 0 Å². The number of para-hydroxylation sites is 3. The van der Waals surface area contributed by atoms with Gasteiger partial charge in [0, 0.05) is 38.9 Å². The van der Waals surface area contributed by atoms with Gasteiger partial charge < -0.3 is 8.98 Å². The minimum atomic E-state index is 0.413. The zero-order valence-corrected chi connectivity index (χ0v) is 21.4. The summed E-state index contributed by atoms with van der Waals surface area (Å²) in [6, 6.07) is 44.1. The molecule has 5 aromatic carbocycles. The third-order valence-corrected chi connectivity index (χ3v) is 7.70. The molecule has 4 nitrogen and oxygen atoms in total. The summed E-state index contributed by atoms with van der Waals surface area (Å²) in [6.45, 7) is 0. The Morgan fingerprint density at radius 3 is 2.25 bits per heavy atom.